The number of alkyl halides is 3. The number of rotatable bonds is 4. The molecule has 2 unspecified atom stereocenters. The van der Waals surface area contributed by atoms with Crippen molar-refractivity contribution in [3.05, 3.63) is 0 Å². The predicted molar refractivity (Wildman–Crippen MR) is 71.8 cm³/mol. The number of hydrogen-bond donors (Lipinski definition) is 1. The van der Waals surface area contributed by atoms with Crippen molar-refractivity contribution in [2.45, 2.75) is 46.2 Å². The Morgan fingerprint density at radius 1 is 1.26 bits per heavy atom. The van der Waals surface area contributed by atoms with Crippen molar-refractivity contribution in [1.82, 2.24) is 4.90 Å². The van der Waals surface area contributed by atoms with Crippen LogP contribution in [0.15, 0.2) is 0 Å². The van der Waals surface area contributed by atoms with Crippen molar-refractivity contribution in [3.8, 4) is 0 Å². The normalized spacial score (nSPS) is 24.5. The van der Waals surface area contributed by atoms with Crippen LogP contribution in [0.4, 0.5) is 13.2 Å². The molecule has 2 atom stereocenters. The van der Waals surface area contributed by atoms with E-state index < -0.39 is 12.1 Å². The molecule has 0 aromatic rings. The van der Waals surface area contributed by atoms with Crippen LogP contribution < -0.4 is 5.73 Å². The fourth-order valence-electron chi connectivity index (χ4n) is 2.94. The highest BCUT2D eigenvalue weighted by molar-refractivity contribution is 4.81. The third-order valence-electron chi connectivity index (χ3n) is 3.72. The second kappa shape index (κ2) is 6.44. The van der Waals surface area contributed by atoms with E-state index in [1.165, 1.54) is 0 Å². The summed E-state index contributed by atoms with van der Waals surface area (Å²) in [4.78, 5) is 1.95. The van der Waals surface area contributed by atoms with Crippen LogP contribution in [0.5, 0.6) is 0 Å². The summed E-state index contributed by atoms with van der Waals surface area (Å²) in [5.41, 5.74) is 5.94. The molecule has 0 aromatic carbocycles. The Labute approximate surface area is 114 Å². The van der Waals surface area contributed by atoms with Gasteiger partial charge in [0.25, 0.3) is 0 Å². The van der Waals surface area contributed by atoms with E-state index in [2.05, 4.69) is 20.8 Å². The van der Waals surface area contributed by atoms with Crippen molar-refractivity contribution in [2.75, 3.05) is 26.2 Å². The summed E-state index contributed by atoms with van der Waals surface area (Å²) in [6.07, 6.45) is -2.19. The molecule has 1 heterocycles. The van der Waals surface area contributed by atoms with E-state index in [0.717, 1.165) is 13.0 Å². The lowest BCUT2D eigenvalue weighted by Gasteiger charge is -2.36. The van der Waals surface area contributed by atoms with E-state index in [-0.39, 0.29) is 24.3 Å². The fraction of sp³-hybridized carbons (Fsp3) is 1.00. The summed E-state index contributed by atoms with van der Waals surface area (Å²) >= 11 is 0. The SMILES string of the molecule is CC(C)(C)CC(CN)CN1CCCC(C(F)(F)F)C1. The zero-order valence-electron chi connectivity index (χ0n) is 12.3. The predicted octanol–water partition coefficient (Wildman–Crippen LogP) is 3.27. The Hall–Kier alpha value is -0.290. The molecule has 114 valence electrons. The monoisotopic (exact) mass is 280 g/mol. The van der Waals surface area contributed by atoms with Crippen LogP contribution in [0, 0.1) is 17.3 Å². The van der Waals surface area contributed by atoms with Crippen LogP contribution in [-0.4, -0.2) is 37.3 Å². The minimum Gasteiger partial charge on any atom is -0.330 e. The summed E-state index contributed by atoms with van der Waals surface area (Å²) in [6, 6.07) is 0. The molecule has 19 heavy (non-hydrogen) atoms. The van der Waals surface area contributed by atoms with Gasteiger partial charge >= 0.3 is 6.18 Å². The molecule has 0 radical (unpaired) electrons. The van der Waals surface area contributed by atoms with Crippen LogP contribution in [0.25, 0.3) is 0 Å². The van der Waals surface area contributed by atoms with Gasteiger partial charge in [0.15, 0.2) is 0 Å². The highest BCUT2D eigenvalue weighted by atomic mass is 19.4. The number of piperidine rings is 1. The van der Waals surface area contributed by atoms with Crippen LogP contribution in [0.3, 0.4) is 0 Å². The first kappa shape index (κ1) is 16.8. The molecule has 0 aromatic heterocycles. The van der Waals surface area contributed by atoms with Gasteiger partial charge in [-0.25, -0.2) is 0 Å². The molecule has 0 aliphatic carbocycles. The number of hydrogen-bond acceptors (Lipinski definition) is 2. The highest BCUT2D eigenvalue weighted by Crippen LogP contribution is 2.34. The maximum Gasteiger partial charge on any atom is 0.393 e. The number of halogens is 3. The first-order valence-corrected chi connectivity index (χ1v) is 7.11. The second-order valence-electron chi connectivity index (χ2n) is 7.01. The van der Waals surface area contributed by atoms with Crippen molar-refractivity contribution < 1.29 is 13.2 Å². The summed E-state index contributed by atoms with van der Waals surface area (Å²) in [5.74, 6) is -0.874. The van der Waals surface area contributed by atoms with Crippen molar-refractivity contribution >= 4 is 0 Å². The third-order valence-corrected chi connectivity index (χ3v) is 3.72. The zero-order valence-corrected chi connectivity index (χ0v) is 12.3. The molecule has 0 saturated carbocycles. The lowest BCUT2D eigenvalue weighted by atomic mass is 9.84. The van der Waals surface area contributed by atoms with E-state index in [1.54, 1.807) is 0 Å². The topological polar surface area (TPSA) is 29.3 Å². The Morgan fingerprint density at radius 2 is 1.89 bits per heavy atom. The van der Waals surface area contributed by atoms with Crippen LogP contribution in [-0.2, 0) is 0 Å². The molecule has 1 aliphatic rings. The quantitative estimate of drug-likeness (QED) is 0.856. The van der Waals surface area contributed by atoms with E-state index in [9.17, 15) is 13.2 Å². The van der Waals surface area contributed by atoms with Crippen LogP contribution in [0.1, 0.15) is 40.0 Å². The minimum absolute atomic E-state index is 0.143. The van der Waals surface area contributed by atoms with Gasteiger partial charge in [-0.2, -0.15) is 13.2 Å². The maximum absolute atomic E-state index is 12.8. The Balaban J connectivity index is 2.51. The summed E-state index contributed by atoms with van der Waals surface area (Å²) in [5, 5.41) is 0. The molecule has 5 heteroatoms. The minimum atomic E-state index is -4.05. The Kier molecular flexibility index (Phi) is 5.68. The molecule has 1 rings (SSSR count). The lowest BCUT2D eigenvalue weighted by molar-refractivity contribution is -0.187. The van der Waals surface area contributed by atoms with E-state index in [4.69, 9.17) is 5.73 Å². The molecule has 1 saturated heterocycles. The molecular weight excluding hydrogens is 253 g/mol. The Bertz CT molecular complexity index is 271. The standard InChI is InChI=1S/C14H27F3N2/c1-13(2,3)7-11(8-18)9-19-6-4-5-12(10-19)14(15,16)17/h11-12H,4-10,18H2,1-3H3. The van der Waals surface area contributed by atoms with Crippen LogP contribution >= 0.6 is 0 Å². The number of nitrogens with zero attached hydrogens (tertiary/aromatic N) is 1. The highest BCUT2D eigenvalue weighted by Gasteiger charge is 2.41. The van der Waals surface area contributed by atoms with Gasteiger partial charge in [0, 0.05) is 13.1 Å². The number of nitrogens with two attached hydrogens (primary N) is 1. The summed E-state index contributed by atoms with van der Waals surface area (Å²) < 4.78 is 38.3. The van der Waals surface area contributed by atoms with Gasteiger partial charge in [0.1, 0.15) is 0 Å². The van der Waals surface area contributed by atoms with Gasteiger partial charge < -0.3 is 10.6 Å². The molecule has 2 nitrogen and oxygen atoms in total. The van der Waals surface area contributed by atoms with Gasteiger partial charge in [0.2, 0.25) is 0 Å². The molecule has 2 N–H and O–H groups in total. The van der Waals surface area contributed by atoms with Crippen molar-refractivity contribution in [2.24, 2.45) is 23.0 Å². The average Bonchev–Trinajstić information content (AvgIpc) is 2.25. The van der Waals surface area contributed by atoms with Crippen molar-refractivity contribution in [1.29, 1.82) is 0 Å². The van der Waals surface area contributed by atoms with Gasteiger partial charge in [-0.15, -0.1) is 0 Å². The van der Waals surface area contributed by atoms with Crippen LogP contribution in [0.2, 0.25) is 0 Å². The third kappa shape index (κ3) is 6.13. The Morgan fingerprint density at radius 3 is 2.37 bits per heavy atom. The molecule has 1 aliphatic heterocycles. The lowest BCUT2D eigenvalue weighted by Crippen LogP contribution is -2.44. The first-order valence-electron chi connectivity index (χ1n) is 7.11. The fourth-order valence-corrected chi connectivity index (χ4v) is 2.94. The molecule has 0 bridgehead atoms. The molecule has 1 fully saturated rings. The van der Waals surface area contributed by atoms with E-state index in [0.29, 0.717) is 19.5 Å². The maximum atomic E-state index is 12.8. The smallest absolute Gasteiger partial charge is 0.330 e. The second-order valence-corrected chi connectivity index (χ2v) is 7.01. The molecule has 0 amide bonds. The van der Waals surface area contributed by atoms with E-state index >= 15 is 0 Å². The zero-order chi connectivity index (χ0) is 14.7. The molecule has 0 spiro atoms. The average molecular weight is 280 g/mol. The summed E-state index contributed by atoms with van der Waals surface area (Å²) in [6.45, 7) is 8.58. The summed E-state index contributed by atoms with van der Waals surface area (Å²) in [7, 11) is 0. The largest absolute Gasteiger partial charge is 0.393 e. The van der Waals surface area contributed by atoms with Gasteiger partial charge in [0.05, 0.1) is 5.92 Å². The van der Waals surface area contributed by atoms with Gasteiger partial charge in [-0.1, -0.05) is 20.8 Å². The van der Waals surface area contributed by atoms with Crippen molar-refractivity contribution in [3.63, 3.8) is 0 Å². The molecular formula is C14H27F3N2. The first-order chi connectivity index (χ1) is 8.62. The van der Waals surface area contributed by atoms with E-state index in [1.807, 2.05) is 4.90 Å². The number of likely N-dealkylation sites (tertiary alicyclic amines) is 1. The van der Waals surface area contributed by atoms with Gasteiger partial charge in [-0.05, 0) is 43.7 Å². The van der Waals surface area contributed by atoms with Gasteiger partial charge in [-0.3, -0.25) is 0 Å².